The Balaban J connectivity index is 2.09. The lowest BCUT2D eigenvalue weighted by Gasteiger charge is -2.21. The first-order valence-electron chi connectivity index (χ1n) is 6.02. The molecular weight excluding hydrogens is 222 g/mol. The predicted molar refractivity (Wildman–Crippen MR) is 71.5 cm³/mol. The summed E-state index contributed by atoms with van der Waals surface area (Å²) < 4.78 is 5.90. The normalized spacial score (nSPS) is 12.7. The Kier molecular flexibility index (Phi) is 1.92. The van der Waals surface area contributed by atoms with Crippen LogP contribution in [0.5, 0.6) is 5.75 Å². The summed E-state index contributed by atoms with van der Waals surface area (Å²) in [7, 11) is 0. The van der Waals surface area contributed by atoms with Gasteiger partial charge in [0.05, 0.1) is 0 Å². The summed E-state index contributed by atoms with van der Waals surface area (Å²) in [6.07, 6.45) is 1.92. The van der Waals surface area contributed by atoms with Crippen LogP contribution in [0.2, 0.25) is 0 Å². The Morgan fingerprint density at radius 2 is 1.78 bits per heavy atom. The summed E-state index contributed by atoms with van der Waals surface area (Å²) >= 11 is 0. The van der Waals surface area contributed by atoms with Crippen LogP contribution in [0.25, 0.3) is 22.0 Å². The van der Waals surface area contributed by atoms with Crippen LogP contribution in [0.3, 0.4) is 0 Å². The van der Waals surface area contributed by atoms with Gasteiger partial charge in [0.25, 0.3) is 0 Å². The van der Waals surface area contributed by atoms with Crippen molar-refractivity contribution in [3.05, 3.63) is 60.3 Å². The summed E-state index contributed by atoms with van der Waals surface area (Å²) in [5.74, 6) is 0.909. The maximum absolute atomic E-state index is 5.90. The molecule has 0 spiro atoms. The minimum Gasteiger partial charge on any atom is -0.486 e. The first-order valence-corrected chi connectivity index (χ1v) is 6.02. The maximum atomic E-state index is 5.90. The Bertz CT molecular complexity index is 749. The van der Waals surface area contributed by atoms with E-state index in [-0.39, 0.29) is 0 Å². The number of benzene rings is 2. The lowest BCUT2D eigenvalue weighted by molar-refractivity contribution is 0.305. The minimum absolute atomic E-state index is 0.624. The fraction of sp³-hybridized carbons (Fsp3) is 0.0625. The molecule has 0 aliphatic carbocycles. The number of pyridine rings is 1. The lowest BCUT2D eigenvalue weighted by atomic mass is 9.99. The van der Waals surface area contributed by atoms with Crippen LogP contribution in [0.4, 0.5) is 0 Å². The van der Waals surface area contributed by atoms with Crippen molar-refractivity contribution in [2.24, 2.45) is 0 Å². The van der Waals surface area contributed by atoms with Gasteiger partial charge in [-0.15, -0.1) is 0 Å². The van der Waals surface area contributed by atoms with Crippen LogP contribution in [0, 0.1) is 0 Å². The van der Waals surface area contributed by atoms with E-state index in [0.717, 1.165) is 22.2 Å². The molecular formula is C16H11NO. The highest BCUT2D eigenvalue weighted by atomic mass is 16.5. The van der Waals surface area contributed by atoms with Gasteiger partial charge in [-0.2, -0.15) is 0 Å². The molecule has 1 aliphatic heterocycles. The highest BCUT2D eigenvalue weighted by molar-refractivity contribution is 5.93. The second-order valence-corrected chi connectivity index (χ2v) is 4.47. The minimum atomic E-state index is 0.624. The van der Waals surface area contributed by atoms with Crippen LogP contribution < -0.4 is 4.74 Å². The van der Waals surface area contributed by atoms with Gasteiger partial charge < -0.3 is 4.74 Å². The summed E-state index contributed by atoms with van der Waals surface area (Å²) in [6, 6.07) is 16.5. The SMILES string of the molecule is c1ccc2c(c1)COc1c-2ncc2ccccc12. The molecule has 0 saturated heterocycles. The molecule has 86 valence electrons. The molecule has 0 atom stereocenters. The van der Waals surface area contributed by atoms with E-state index < -0.39 is 0 Å². The zero-order valence-electron chi connectivity index (χ0n) is 9.76. The average molecular weight is 233 g/mol. The number of fused-ring (bicyclic) bond motifs is 5. The molecule has 2 nitrogen and oxygen atoms in total. The van der Waals surface area contributed by atoms with Crippen LogP contribution in [-0.2, 0) is 6.61 Å². The van der Waals surface area contributed by atoms with E-state index in [4.69, 9.17) is 4.74 Å². The van der Waals surface area contributed by atoms with Crippen LogP contribution in [0.1, 0.15) is 5.56 Å². The van der Waals surface area contributed by atoms with Gasteiger partial charge in [-0.1, -0.05) is 48.5 Å². The number of aromatic nitrogens is 1. The van der Waals surface area contributed by atoms with E-state index in [0.29, 0.717) is 6.61 Å². The highest BCUT2D eigenvalue weighted by Gasteiger charge is 2.19. The zero-order chi connectivity index (χ0) is 11.9. The van der Waals surface area contributed by atoms with Crippen molar-refractivity contribution in [1.82, 2.24) is 4.98 Å². The first-order chi connectivity index (χ1) is 8.93. The molecule has 0 bridgehead atoms. The van der Waals surface area contributed by atoms with Crippen molar-refractivity contribution in [2.45, 2.75) is 6.61 Å². The molecule has 0 N–H and O–H groups in total. The third-order valence-corrected chi connectivity index (χ3v) is 3.40. The van der Waals surface area contributed by atoms with E-state index in [9.17, 15) is 0 Å². The van der Waals surface area contributed by atoms with Crippen LogP contribution in [-0.4, -0.2) is 4.98 Å². The quantitative estimate of drug-likeness (QED) is 0.589. The molecule has 1 aromatic heterocycles. The second kappa shape index (κ2) is 3.57. The standard InChI is InChI=1S/C16H11NO/c1-4-8-14-11(5-1)9-17-15-13-7-3-2-6-12(13)10-18-16(14)15/h1-9H,10H2. The number of hydrogen-bond donors (Lipinski definition) is 0. The summed E-state index contributed by atoms with van der Waals surface area (Å²) in [6.45, 7) is 0.624. The molecule has 0 fully saturated rings. The Hall–Kier alpha value is -2.35. The largest absolute Gasteiger partial charge is 0.486 e. The first kappa shape index (κ1) is 9.66. The van der Waals surface area contributed by atoms with E-state index >= 15 is 0 Å². The Morgan fingerprint density at radius 3 is 2.78 bits per heavy atom. The van der Waals surface area contributed by atoms with Crippen molar-refractivity contribution >= 4 is 10.8 Å². The monoisotopic (exact) mass is 233 g/mol. The summed E-state index contributed by atoms with van der Waals surface area (Å²) in [5, 5.41) is 2.26. The van der Waals surface area contributed by atoms with Crippen LogP contribution >= 0.6 is 0 Å². The average Bonchev–Trinajstić information content (AvgIpc) is 2.46. The van der Waals surface area contributed by atoms with Gasteiger partial charge in [0.15, 0.2) is 5.75 Å². The van der Waals surface area contributed by atoms with Crippen molar-refractivity contribution in [1.29, 1.82) is 0 Å². The number of rotatable bonds is 0. The van der Waals surface area contributed by atoms with Gasteiger partial charge in [-0.3, -0.25) is 4.98 Å². The number of hydrogen-bond acceptors (Lipinski definition) is 2. The lowest BCUT2D eigenvalue weighted by Crippen LogP contribution is -2.06. The van der Waals surface area contributed by atoms with E-state index in [1.54, 1.807) is 0 Å². The molecule has 2 heteroatoms. The molecule has 18 heavy (non-hydrogen) atoms. The third kappa shape index (κ3) is 1.26. The summed E-state index contributed by atoms with van der Waals surface area (Å²) in [5.41, 5.74) is 3.34. The topological polar surface area (TPSA) is 22.1 Å². The van der Waals surface area contributed by atoms with Crippen molar-refractivity contribution in [3.63, 3.8) is 0 Å². The second-order valence-electron chi connectivity index (χ2n) is 4.47. The number of nitrogens with zero attached hydrogens (tertiary/aromatic N) is 1. The highest BCUT2D eigenvalue weighted by Crippen LogP contribution is 2.40. The zero-order valence-corrected chi connectivity index (χ0v) is 9.76. The Morgan fingerprint density at radius 1 is 0.944 bits per heavy atom. The third-order valence-electron chi connectivity index (χ3n) is 3.40. The maximum Gasteiger partial charge on any atom is 0.153 e. The molecule has 1 aliphatic rings. The summed E-state index contributed by atoms with van der Waals surface area (Å²) in [4.78, 5) is 4.56. The molecule has 2 aromatic carbocycles. The van der Waals surface area contributed by atoms with Gasteiger partial charge >= 0.3 is 0 Å². The predicted octanol–water partition coefficient (Wildman–Crippen LogP) is 3.79. The van der Waals surface area contributed by atoms with E-state index in [2.05, 4.69) is 29.2 Å². The molecule has 0 amide bonds. The molecule has 3 aromatic rings. The molecule has 2 heterocycles. The fourth-order valence-corrected chi connectivity index (χ4v) is 2.50. The molecule has 4 rings (SSSR count). The van der Waals surface area contributed by atoms with Gasteiger partial charge in [-0.25, -0.2) is 0 Å². The van der Waals surface area contributed by atoms with Crippen molar-refractivity contribution in [2.75, 3.05) is 0 Å². The fourth-order valence-electron chi connectivity index (χ4n) is 2.50. The Labute approximate surface area is 105 Å². The van der Waals surface area contributed by atoms with Gasteiger partial charge in [0.2, 0.25) is 0 Å². The van der Waals surface area contributed by atoms with Gasteiger partial charge in [0, 0.05) is 22.5 Å². The van der Waals surface area contributed by atoms with Gasteiger partial charge in [-0.05, 0) is 5.56 Å². The van der Waals surface area contributed by atoms with Crippen molar-refractivity contribution < 1.29 is 4.74 Å². The molecule has 0 saturated carbocycles. The number of ether oxygens (including phenoxy) is 1. The molecule has 0 radical (unpaired) electrons. The molecule has 0 unspecified atom stereocenters. The van der Waals surface area contributed by atoms with Crippen molar-refractivity contribution in [3.8, 4) is 17.0 Å². The van der Waals surface area contributed by atoms with Gasteiger partial charge in [0.1, 0.15) is 12.3 Å². The van der Waals surface area contributed by atoms with Crippen LogP contribution in [0.15, 0.2) is 54.7 Å². The van der Waals surface area contributed by atoms with E-state index in [1.165, 1.54) is 11.1 Å². The van der Waals surface area contributed by atoms with E-state index in [1.807, 2.05) is 30.5 Å². The smallest absolute Gasteiger partial charge is 0.153 e.